The molecule has 0 amide bonds. The van der Waals surface area contributed by atoms with Gasteiger partial charge in [-0.3, -0.25) is 0 Å². The fourth-order valence-electron chi connectivity index (χ4n) is 3.36. The average Bonchev–Trinajstić information content (AvgIpc) is 2.71. The van der Waals surface area contributed by atoms with Gasteiger partial charge in [0.2, 0.25) is 0 Å². The smallest absolute Gasteiger partial charge is 0.175 e. The van der Waals surface area contributed by atoms with Crippen LogP contribution in [0.4, 0.5) is 0 Å². The molecule has 1 N–H and O–H groups in total. The third kappa shape index (κ3) is 3.45. The quantitative estimate of drug-likeness (QED) is 0.844. The summed E-state index contributed by atoms with van der Waals surface area (Å²) in [6, 6.07) is 13.9. The van der Waals surface area contributed by atoms with E-state index < -0.39 is 9.84 Å². The number of hydrogen-bond acceptors (Lipinski definition) is 3. The maximum Gasteiger partial charge on any atom is 0.175 e. The predicted octanol–water partition coefficient (Wildman–Crippen LogP) is 3.71. The van der Waals surface area contributed by atoms with Gasteiger partial charge in [0.15, 0.2) is 9.84 Å². The van der Waals surface area contributed by atoms with Crippen LogP contribution in [0.2, 0.25) is 0 Å². The highest BCUT2D eigenvalue weighted by atomic mass is 32.2. The van der Waals surface area contributed by atoms with E-state index in [1.165, 1.54) is 17.4 Å². The van der Waals surface area contributed by atoms with Crippen LogP contribution in [-0.4, -0.2) is 28.3 Å². The van der Waals surface area contributed by atoms with Crippen molar-refractivity contribution in [2.75, 3.05) is 19.8 Å². The van der Waals surface area contributed by atoms with E-state index in [4.69, 9.17) is 0 Å². The van der Waals surface area contributed by atoms with E-state index >= 15 is 0 Å². The van der Waals surface area contributed by atoms with Gasteiger partial charge < -0.3 is 5.32 Å². The van der Waals surface area contributed by atoms with Crippen molar-refractivity contribution in [1.82, 2.24) is 5.32 Å². The zero-order valence-corrected chi connectivity index (χ0v) is 14.9. The average molecular weight is 341 g/mol. The zero-order valence-electron chi connectivity index (χ0n) is 14.1. The first-order valence-corrected chi connectivity index (χ1v) is 10.2. The van der Waals surface area contributed by atoms with Crippen molar-refractivity contribution in [2.45, 2.75) is 23.7 Å². The predicted molar refractivity (Wildman–Crippen MR) is 99.9 cm³/mol. The molecule has 2 aromatic rings. The molecule has 0 saturated heterocycles. The lowest BCUT2D eigenvalue weighted by Crippen LogP contribution is -2.11. The Morgan fingerprint density at radius 3 is 2.42 bits per heavy atom. The molecule has 0 saturated carbocycles. The van der Waals surface area contributed by atoms with E-state index in [0.29, 0.717) is 4.90 Å². The molecule has 0 spiro atoms. The van der Waals surface area contributed by atoms with E-state index in [-0.39, 0.29) is 5.92 Å². The third-order valence-electron chi connectivity index (χ3n) is 4.60. The summed E-state index contributed by atoms with van der Waals surface area (Å²) in [5.41, 5.74) is 4.70. The molecule has 4 heteroatoms. The Kier molecular flexibility index (Phi) is 4.88. The minimum Gasteiger partial charge on any atom is -0.320 e. The van der Waals surface area contributed by atoms with Gasteiger partial charge in [-0.1, -0.05) is 42.5 Å². The molecular weight excluding hydrogens is 318 g/mol. The maximum atomic E-state index is 12.0. The van der Waals surface area contributed by atoms with Crippen LogP contribution in [0.5, 0.6) is 0 Å². The van der Waals surface area contributed by atoms with Crippen LogP contribution in [0, 0.1) is 0 Å². The van der Waals surface area contributed by atoms with Crippen LogP contribution in [0.1, 0.15) is 41.0 Å². The molecule has 0 radical (unpaired) electrons. The molecule has 1 atom stereocenters. The number of fused-ring (bicyclic) bond motifs is 2. The fraction of sp³-hybridized carbons (Fsp3) is 0.300. The first-order valence-electron chi connectivity index (χ1n) is 8.26. The Hall–Kier alpha value is -1.91. The molecule has 3 nitrogen and oxygen atoms in total. The lowest BCUT2D eigenvalue weighted by Gasteiger charge is -2.21. The molecule has 126 valence electrons. The van der Waals surface area contributed by atoms with Crippen LogP contribution < -0.4 is 5.32 Å². The van der Waals surface area contributed by atoms with Gasteiger partial charge in [-0.2, -0.15) is 0 Å². The van der Waals surface area contributed by atoms with E-state index in [9.17, 15) is 8.42 Å². The molecule has 1 aliphatic carbocycles. The van der Waals surface area contributed by atoms with Gasteiger partial charge >= 0.3 is 0 Å². The first kappa shape index (κ1) is 16.9. The maximum absolute atomic E-state index is 12.0. The summed E-state index contributed by atoms with van der Waals surface area (Å²) in [4.78, 5) is 0.396. The van der Waals surface area contributed by atoms with Crippen LogP contribution in [0.25, 0.3) is 12.2 Å². The van der Waals surface area contributed by atoms with E-state index in [0.717, 1.165) is 30.5 Å². The van der Waals surface area contributed by atoms with E-state index in [1.807, 2.05) is 25.2 Å². The van der Waals surface area contributed by atoms with E-state index in [2.05, 4.69) is 35.7 Å². The second-order valence-corrected chi connectivity index (χ2v) is 8.34. The van der Waals surface area contributed by atoms with Crippen molar-refractivity contribution in [1.29, 1.82) is 0 Å². The Morgan fingerprint density at radius 2 is 1.71 bits per heavy atom. The summed E-state index contributed by atoms with van der Waals surface area (Å²) in [6.45, 7) is 0.952. The summed E-state index contributed by atoms with van der Waals surface area (Å²) in [5.74, 6) is 0.209. The topological polar surface area (TPSA) is 46.2 Å². The molecule has 0 heterocycles. The summed E-state index contributed by atoms with van der Waals surface area (Å²) < 4.78 is 24.0. The molecule has 0 fully saturated rings. The molecule has 2 aromatic carbocycles. The SMILES string of the molecule is CNCCCC1c2ccccc2C=Cc2ccc(S(C)(=O)=O)cc21. The summed E-state index contributed by atoms with van der Waals surface area (Å²) in [7, 11) is -1.25. The molecule has 1 unspecified atom stereocenters. The van der Waals surface area contributed by atoms with Crippen LogP contribution in [0.3, 0.4) is 0 Å². The molecule has 1 aliphatic rings. The minimum atomic E-state index is -3.21. The summed E-state index contributed by atoms with van der Waals surface area (Å²) in [6.07, 6.45) is 7.52. The lowest BCUT2D eigenvalue weighted by atomic mass is 9.84. The highest BCUT2D eigenvalue weighted by molar-refractivity contribution is 7.90. The fourth-order valence-corrected chi connectivity index (χ4v) is 4.01. The van der Waals surface area contributed by atoms with Gasteiger partial charge in [0, 0.05) is 12.2 Å². The highest BCUT2D eigenvalue weighted by Crippen LogP contribution is 2.38. The highest BCUT2D eigenvalue weighted by Gasteiger charge is 2.22. The van der Waals surface area contributed by atoms with Crippen LogP contribution in [0.15, 0.2) is 47.4 Å². The molecule has 0 aliphatic heterocycles. The molecule has 24 heavy (non-hydrogen) atoms. The van der Waals surface area contributed by atoms with Gasteiger partial charge in [0.05, 0.1) is 4.90 Å². The van der Waals surface area contributed by atoms with Crippen molar-refractivity contribution in [3.05, 3.63) is 64.7 Å². The van der Waals surface area contributed by atoms with Crippen molar-refractivity contribution in [3.8, 4) is 0 Å². The monoisotopic (exact) mass is 341 g/mol. The molecular formula is C20H23NO2S. The molecule has 0 aromatic heterocycles. The Balaban J connectivity index is 2.13. The third-order valence-corrected chi connectivity index (χ3v) is 5.71. The van der Waals surface area contributed by atoms with Gasteiger partial charge in [-0.05, 0) is 60.8 Å². The second kappa shape index (κ2) is 6.91. The normalized spacial score (nSPS) is 16.3. The van der Waals surface area contributed by atoms with Gasteiger partial charge in [-0.15, -0.1) is 0 Å². The Labute approximate surface area is 144 Å². The lowest BCUT2D eigenvalue weighted by molar-refractivity contribution is 0.600. The van der Waals surface area contributed by atoms with E-state index in [1.54, 1.807) is 6.07 Å². The minimum absolute atomic E-state index is 0.209. The largest absolute Gasteiger partial charge is 0.320 e. The number of benzene rings is 2. The number of rotatable bonds is 5. The molecule has 0 bridgehead atoms. The van der Waals surface area contributed by atoms with Crippen molar-refractivity contribution in [3.63, 3.8) is 0 Å². The van der Waals surface area contributed by atoms with Crippen LogP contribution in [-0.2, 0) is 9.84 Å². The van der Waals surface area contributed by atoms with Gasteiger partial charge in [0.25, 0.3) is 0 Å². The van der Waals surface area contributed by atoms with Gasteiger partial charge in [0.1, 0.15) is 0 Å². The Bertz CT molecular complexity index is 869. The molecule has 3 rings (SSSR count). The Morgan fingerprint density at radius 1 is 1.00 bits per heavy atom. The van der Waals surface area contributed by atoms with Gasteiger partial charge in [-0.25, -0.2) is 8.42 Å². The van der Waals surface area contributed by atoms with Crippen molar-refractivity contribution >= 4 is 22.0 Å². The number of hydrogen-bond donors (Lipinski definition) is 1. The second-order valence-electron chi connectivity index (χ2n) is 6.32. The standard InChI is InChI=1S/C20H23NO2S/c1-21-13-5-8-19-18-7-4-3-6-15(18)9-10-16-11-12-17(14-20(16)19)24(2,22)23/h3-4,6-7,9-12,14,19,21H,5,8,13H2,1-2H3. The number of nitrogens with one attached hydrogen (secondary N) is 1. The van der Waals surface area contributed by atoms with Crippen molar-refractivity contribution < 1.29 is 8.42 Å². The first-order chi connectivity index (χ1) is 11.5. The van der Waals surface area contributed by atoms with Crippen LogP contribution >= 0.6 is 0 Å². The zero-order chi connectivity index (χ0) is 17.2. The summed E-state index contributed by atoms with van der Waals surface area (Å²) >= 11 is 0. The number of sulfone groups is 1. The summed E-state index contributed by atoms with van der Waals surface area (Å²) in [5, 5.41) is 3.19. The van der Waals surface area contributed by atoms with Crippen molar-refractivity contribution in [2.24, 2.45) is 0 Å².